The largest absolute Gasteiger partial charge is 0.465 e. The van der Waals surface area contributed by atoms with Crippen LogP contribution in [0.3, 0.4) is 0 Å². The zero-order chi connectivity index (χ0) is 14.2. The smallest absolute Gasteiger partial charge is 0.309 e. The van der Waals surface area contributed by atoms with Gasteiger partial charge in [0.05, 0.1) is 18.1 Å². The Morgan fingerprint density at radius 3 is 2.47 bits per heavy atom. The number of carbonyl (C=O) groups excluding carboxylic acids is 1. The van der Waals surface area contributed by atoms with Gasteiger partial charge in [0.25, 0.3) is 0 Å². The molecule has 0 aliphatic heterocycles. The van der Waals surface area contributed by atoms with Crippen molar-refractivity contribution in [3.8, 4) is 0 Å². The van der Waals surface area contributed by atoms with Gasteiger partial charge >= 0.3 is 5.97 Å². The van der Waals surface area contributed by atoms with Gasteiger partial charge in [-0.3, -0.25) is 4.79 Å². The van der Waals surface area contributed by atoms with Crippen LogP contribution in [0.1, 0.15) is 53.4 Å². The summed E-state index contributed by atoms with van der Waals surface area (Å²) in [4.78, 5) is 12.1. The summed E-state index contributed by atoms with van der Waals surface area (Å²) in [6, 6.07) is 0. The Morgan fingerprint density at radius 2 is 1.95 bits per heavy atom. The second kappa shape index (κ2) is 5.43. The first-order chi connectivity index (χ1) is 8.79. The first-order valence-electron chi connectivity index (χ1n) is 7.68. The van der Waals surface area contributed by atoms with Crippen LogP contribution in [0.4, 0.5) is 0 Å². The summed E-state index contributed by atoms with van der Waals surface area (Å²) in [5.41, 5.74) is -0.664. The monoisotopic (exact) mass is 268 g/mol. The highest BCUT2D eigenvalue weighted by molar-refractivity contribution is 5.73. The van der Waals surface area contributed by atoms with Gasteiger partial charge < -0.3 is 9.84 Å². The Labute approximate surface area is 116 Å². The molecule has 19 heavy (non-hydrogen) atoms. The lowest BCUT2D eigenvalue weighted by Crippen LogP contribution is -2.31. The first-order valence-corrected chi connectivity index (χ1v) is 7.68. The van der Waals surface area contributed by atoms with E-state index < -0.39 is 5.60 Å². The van der Waals surface area contributed by atoms with Crippen molar-refractivity contribution in [3.05, 3.63) is 0 Å². The predicted molar refractivity (Wildman–Crippen MR) is 74.5 cm³/mol. The predicted octanol–water partition coefficient (Wildman–Crippen LogP) is 3.01. The fraction of sp³-hybridized carbons (Fsp3) is 0.938. The minimum absolute atomic E-state index is 0.00185. The molecule has 0 amide bonds. The molecule has 2 fully saturated rings. The molecule has 2 saturated carbocycles. The van der Waals surface area contributed by atoms with Crippen molar-refractivity contribution in [2.75, 3.05) is 6.61 Å². The van der Waals surface area contributed by atoms with E-state index in [2.05, 4.69) is 13.8 Å². The lowest BCUT2D eigenvalue weighted by molar-refractivity contribution is -0.151. The molecule has 0 aromatic heterocycles. The fourth-order valence-electron chi connectivity index (χ4n) is 4.00. The average Bonchev–Trinajstić information content (AvgIpc) is 2.85. The summed E-state index contributed by atoms with van der Waals surface area (Å²) in [5.74, 6) is 2.84. The zero-order valence-electron chi connectivity index (χ0n) is 12.7. The maximum Gasteiger partial charge on any atom is 0.309 e. The van der Waals surface area contributed by atoms with Gasteiger partial charge in [0.15, 0.2) is 0 Å². The van der Waals surface area contributed by atoms with Crippen LogP contribution in [-0.4, -0.2) is 23.3 Å². The molecule has 0 radical (unpaired) electrons. The van der Waals surface area contributed by atoms with E-state index >= 15 is 0 Å². The molecular formula is C16H28O3. The summed E-state index contributed by atoms with van der Waals surface area (Å²) in [7, 11) is 0. The molecule has 3 nitrogen and oxygen atoms in total. The number of aliphatic hydroxyl groups is 1. The van der Waals surface area contributed by atoms with Crippen LogP contribution in [0.15, 0.2) is 0 Å². The Morgan fingerprint density at radius 1 is 1.26 bits per heavy atom. The van der Waals surface area contributed by atoms with Gasteiger partial charge in [-0.15, -0.1) is 0 Å². The molecule has 1 N–H and O–H groups in total. The standard InChI is InChI=1S/C16H28O3/c1-10-11(2)13-8-12(10)9-14(13)15(17)19-7-5-6-16(3,4)18/h10-14,18H,5-9H2,1-4H3. The third-order valence-corrected chi connectivity index (χ3v) is 5.38. The number of rotatable bonds is 5. The van der Waals surface area contributed by atoms with Crippen molar-refractivity contribution in [2.45, 2.75) is 59.0 Å². The number of esters is 1. The molecule has 0 aromatic rings. The van der Waals surface area contributed by atoms with Gasteiger partial charge in [-0.1, -0.05) is 13.8 Å². The van der Waals surface area contributed by atoms with Crippen LogP contribution in [0.2, 0.25) is 0 Å². The molecule has 0 saturated heterocycles. The van der Waals surface area contributed by atoms with E-state index in [0.29, 0.717) is 24.9 Å². The number of hydrogen-bond donors (Lipinski definition) is 1. The normalized spacial score (nSPS) is 37.6. The number of hydrogen-bond acceptors (Lipinski definition) is 3. The van der Waals surface area contributed by atoms with Gasteiger partial charge in [0, 0.05) is 0 Å². The van der Waals surface area contributed by atoms with Crippen molar-refractivity contribution in [3.63, 3.8) is 0 Å². The fourth-order valence-corrected chi connectivity index (χ4v) is 4.00. The van der Waals surface area contributed by atoms with Crippen molar-refractivity contribution in [2.24, 2.45) is 29.6 Å². The van der Waals surface area contributed by atoms with Gasteiger partial charge in [0.2, 0.25) is 0 Å². The minimum Gasteiger partial charge on any atom is -0.465 e. The molecule has 3 heteroatoms. The summed E-state index contributed by atoms with van der Waals surface area (Å²) in [6.07, 6.45) is 3.65. The first kappa shape index (κ1) is 14.8. The van der Waals surface area contributed by atoms with Gasteiger partial charge in [-0.2, -0.15) is 0 Å². The lowest BCUT2D eigenvalue weighted by atomic mass is 9.76. The second-order valence-electron chi connectivity index (χ2n) is 7.30. The molecule has 2 aliphatic rings. The molecule has 0 spiro atoms. The Bertz CT molecular complexity index is 329. The summed E-state index contributed by atoms with van der Waals surface area (Å²) < 4.78 is 5.41. The topological polar surface area (TPSA) is 46.5 Å². The second-order valence-corrected chi connectivity index (χ2v) is 7.30. The van der Waals surface area contributed by atoms with Crippen molar-refractivity contribution >= 4 is 5.97 Å². The maximum atomic E-state index is 12.1. The van der Waals surface area contributed by atoms with Crippen molar-refractivity contribution < 1.29 is 14.6 Å². The van der Waals surface area contributed by atoms with Crippen LogP contribution in [0.25, 0.3) is 0 Å². The molecule has 2 aliphatic carbocycles. The average molecular weight is 268 g/mol. The minimum atomic E-state index is -0.664. The van der Waals surface area contributed by atoms with E-state index in [0.717, 1.165) is 24.7 Å². The van der Waals surface area contributed by atoms with Gasteiger partial charge in [-0.25, -0.2) is 0 Å². The van der Waals surface area contributed by atoms with Crippen LogP contribution in [0.5, 0.6) is 0 Å². The summed E-state index contributed by atoms with van der Waals surface area (Å²) in [6.45, 7) is 8.62. The maximum absolute atomic E-state index is 12.1. The highest BCUT2D eigenvalue weighted by Gasteiger charge is 2.51. The SMILES string of the molecule is CC1C2CC(C(=O)OCCCC(C)(C)O)C(C2)C1C. The highest BCUT2D eigenvalue weighted by Crippen LogP contribution is 2.55. The van der Waals surface area contributed by atoms with E-state index in [1.807, 2.05) is 0 Å². The molecule has 110 valence electrons. The molecule has 2 rings (SSSR count). The molecule has 2 bridgehead atoms. The quantitative estimate of drug-likeness (QED) is 0.616. The molecular weight excluding hydrogens is 240 g/mol. The number of ether oxygens (including phenoxy) is 1. The van der Waals surface area contributed by atoms with E-state index in [1.165, 1.54) is 6.42 Å². The Hall–Kier alpha value is -0.570. The Kier molecular flexibility index (Phi) is 4.24. The molecule has 0 heterocycles. The zero-order valence-corrected chi connectivity index (χ0v) is 12.7. The molecule has 5 unspecified atom stereocenters. The molecule has 5 atom stereocenters. The summed E-state index contributed by atoms with van der Waals surface area (Å²) >= 11 is 0. The molecule has 0 aromatic carbocycles. The van der Waals surface area contributed by atoms with Crippen LogP contribution in [0, 0.1) is 29.6 Å². The van der Waals surface area contributed by atoms with E-state index in [1.54, 1.807) is 13.8 Å². The third kappa shape index (κ3) is 3.31. The van der Waals surface area contributed by atoms with Crippen LogP contribution >= 0.6 is 0 Å². The number of carbonyl (C=O) groups is 1. The lowest BCUT2D eigenvalue weighted by Gasteiger charge is -2.30. The van der Waals surface area contributed by atoms with Crippen LogP contribution in [-0.2, 0) is 9.53 Å². The van der Waals surface area contributed by atoms with Gasteiger partial charge in [-0.05, 0) is 63.2 Å². The van der Waals surface area contributed by atoms with Crippen LogP contribution < -0.4 is 0 Å². The van der Waals surface area contributed by atoms with E-state index in [9.17, 15) is 9.90 Å². The Balaban J connectivity index is 1.74. The third-order valence-electron chi connectivity index (χ3n) is 5.38. The number of fused-ring (bicyclic) bond motifs is 2. The van der Waals surface area contributed by atoms with E-state index in [4.69, 9.17) is 4.74 Å². The summed E-state index contributed by atoms with van der Waals surface area (Å²) in [5, 5.41) is 9.60. The van der Waals surface area contributed by atoms with Crippen molar-refractivity contribution in [1.29, 1.82) is 0 Å². The highest BCUT2D eigenvalue weighted by atomic mass is 16.5. The van der Waals surface area contributed by atoms with Crippen molar-refractivity contribution in [1.82, 2.24) is 0 Å². The van der Waals surface area contributed by atoms with E-state index in [-0.39, 0.29) is 11.9 Å². The van der Waals surface area contributed by atoms with Gasteiger partial charge in [0.1, 0.15) is 0 Å².